The number of nitrogens with zero attached hydrogens (tertiary/aromatic N) is 2. The summed E-state index contributed by atoms with van der Waals surface area (Å²) in [6.07, 6.45) is 6.34. The van der Waals surface area contributed by atoms with Crippen molar-refractivity contribution in [2.24, 2.45) is 5.41 Å². The molecule has 1 aromatic carbocycles. The number of hydrogen-bond acceptors (Lipinski definition) is 3. The Morgan fingerprint density at radius 2 is 1.90 bits per heavy atom. The minimum atomic E-state index is -0.166. The molecule has 1 aliphatic rings. The molecule has 3 nitrogen and oxygen atoms in total. The van der Waals surface area contributed by atoms with Crippen LogP contribution in [0.5, 0.6) is 0 Å². The van der Waals surface area contributed by atoms with Gasteiger partial charge in [-0.15, -0.1) is 0 Å². The van der Waals surface area contributed by atoms with Gasteiger partial charge in [0.2, 0.25) is 0 Å². The van der Waals surface area contributed by atoms with E-state index in [0.717, 1.165) is 51.3 Å². The minimum Gasteiger partial charge on any atom is -0.382 e. The molecule has 4 heteroatoms. The van der Waals surface area contributed by atoms with Crippen LogP contribution in [0.2, 0.25) is 0 Å². The Kier molecular flexibility index (Phi) is 7.07. The van der Waals surface area contributed by atoms with Crippen LogP contribution in [0.3, 0.4) is 0 Å². The van der Waals surface area contributed by atoms with E-state index in [0.29, 0.717) is 0 Å². The Hall–Kier alpha value is -1.78. The first kappa shape index (κ1) is 21.9. The predicted molar refractivity (Wildman–Crippen MR) is 116 cm³/mol. The zero-order chi connectivity index (χ0) is 20.9. The molecule has 158 valence electrons. The van der Waals surface area contributed by atoms with E-state index in [9.17, 15) is 4.39 Å². The van der Waals surface area contributed by atoms with Crippen molar-refractivity contribution >= 4 is 0 Å². The van der Waals surface area contributed by atoms with E-state index in [4.69, 9.17) is 4.74 Å². The summed E-state index contributed by atoms with van der Waals surface area (Å²) in [5.41, 5.74) is 3.71. The third-order valence-corrected chi connectivity index (χ3v) is 6.68. The Morgan fingerprint density at radius 3 is 2.55 bits per heavy atom. The first-order chi connectivity index (χ1) is 13.8. The number of halogens is 1. The van der Waals surface area contributed by atoms with E-state index < -0.39 is 0 Å². The van der Waals surface area contributed by atoms with E-state index >= 15 is 0 Å². The van der Waals surface area contributed by atoms with Crippen LogP contribution in [0.4, 0.5) is 4.39 Å². The van der Waals surface area contributed by atoms with Crippen LogP contribution in [-0.4, -0.2) is 36.2 Å². The lowest BCUT2D eigenvalue weighted by atomic mass is 9.78. The number of hydrogen-bond donors (Lipinski definition) is 0. The molecule has 2 heterocycles. The van der Waals surface area contributed by atoms with Gasteiger partial charge in [-0.3, -0.25) is 9.88 Å². The maximum atomic E-state index is 13.2. The Labute approximate surface area is 175 Å². The van der Waals surface area contributed by atoms with Gasteiger partial charge in [-0.2, -0.15) is 0 Å². The molecule has 29 heavy (non-hydrogen) atoms. The number of rotatable bonds is 9. The van der Waals surface area contributed by atoms with E-state index in [2.05, 4.69) is 42.8 Å². The van der Waals surface area contributed by atoms with Gasteiger partial charge in [0.1, 0.15) is 5.82 Å². The maximum absolute atomic E-state index is 13.2. The summed E-state index contributed by atoms with van der Waals surface area (Å²) in [4.78, 5) is 7.13. The number of likely N-dealkylation sites (tertiary alicyclic amines) is 1. The van der Waals surface area contributed by atoms with Crippen LogP contribution in [0.25, 0.3) is 0 Å². The molecule has 0 spiro atoms. The van der Waals surface area contributed by atoms with E-state index in [1.54, 1.807) is 12.1 Å². The van der Waals surface area contributed by atoms with Gasteiger partial charge in [0, 0.05) is 37.2 Å². The summed E-state index contributed by atoms with van der Waals surface area (Å²) in [5, 5.41) is 0. The second-order valence-electron chi connectivity index (χ2n) is 8.99. The van der Waals surface area contributed by atoms with Crippen molar-refractivity contribution in [2.75, 3.05) is 26.3 Å². The summed E-state index contributed by atoms with van der Waals surface area (Å²) in [6.45, 7) is 12.4. The second-order valence-corrected chi connectivity index (χ2v) is 8.99. The Bertz CT molecular complexity index is 772. The summed E-state index contributed by atoms with van der Waals surface area (Å²) < 4.78 is 19.0. The van der Waals surface area contributed by atoms with Gasteiger partial charge >= 0.3 is 0 Å². The van der Waals surface area contributed by atoms with Crippen LogP contribution in [0.1, 0.15) is 56.9 Å². The molecule has 1 aliphatic heterocycles. The smallest absolute Gasteiger partial charge is 0.123 e. The topological polar surface area (TPSA) is 25.4 Å². The number of ether oxygens (including phenoxy) is 1. The van der Waals surface area contributed by atoms with Crippen molar-refractivity contribution in [3.8, 4) is 0 Å². The lowest BCUT2D eigenvalue weighted by Crippen LogP contribution is -2.41. The molecule has 2 aromatic rings. The largest absolute Gasteiger partial charge is 0.382 e. The third-order valence-electron chi connectivity index (χ3n) is 6.68. The van der Waals surface area contributed by atoms with Crippen molar-refractivity contribution in [1.82, 2.24) is 9.88 Å². The van der Waals surface area contributed by atoms with Crippen molar-refractivity contribution in [2.45, 2.75) is 58.9 Å². The van der Waals surface area contributed by atoms with Gasteiger partial charge in [0.15, 0.2) is 0 Å². The summed E-state index contributed by atoms with van der Waals surface area (Å²) in [7, 11) is 0. The molecule has 1 saturated heterocycles. The average molecular weight is 399 g/mol. The van der Waals surface area contributed by atoms with Gasteiger partial charge < -0.3 is 4.74 Å². The number of benzene rings is 1. The van der Waals surface area contributed by atoms with Crippen LogP contribution in [0.15, 0.2) is 42.6 Å². The molecule has 3 rings (SSSR count). The van der Waals surface area contributed by atoms with Crippen molar-refractivity contribution in [1.29, 1.82) is 0 Å². The number of pyridine rings is 1. The van der Waals surface area contributed by atoms with Gasteiger partial charge in [0.25, 0.3) is 0 Å². The standard InChI is InChI=1S/C25H35FN2O/c1-5-29-17-15-25(13-12-21-7-10-23(26)11-8-21)14-16-28(19-25)24(3,4)22-9-6-20(2)27-18-22/h6-11,18H,5,12-17,19H2,1-4H3/t25-/m0/s1. The zero-order valence-electron chi connectivity index (χ0n) is 18.4. The van der Waals surface area contributed by atoms with Gasteiger partial charge in [-0.25, -0.2) is 4.39 Å². The molecule has 0 N–H and O–H groups in total. The molecular formula is C25H35FN2O. The van der Waals surface area contributed by atoms with Gasteiger partial charge in [-0.1, -0.05) is 18.2 Å². The second kappa shape index (κ2) is 9.36. The van der Waals surface area contributed by atoms with Crippen LogP contribution in [-0.2, 0) is 16.7 Å². The highest BCUT2D eigenvalue weighted by Gasteiger charge is 2.43. The maximum Gasteiger partial charge on any atom is 0.123 e. The van der Waals surface area contributed by atoms with Crippen molar-refractivity contribution in [3.63, 3.8) is 0 Å². The molecule has 0 unspecified atom stereocenters. The molecule has 0 amide bonds. The van der Waals surface area contributed by atoms with Crippen LogP contribution < -0.4 is 0 Å². The molecular weight excluding hydrogens is 363 g/mol. The van der Waals surface area contributed by atoms with Crippen molar-refractivity contribution < 1.29 is 9.13 Å². The van der Waals surface area contributed by atoms with Crippen LogP contribution >= 0.6 is 0 Å². The minimum absolute atomic E-state index is 0.0516. The molecule has 0 aliphatic carbocycles. The highest BCUT2D eigenvalue weighted by molar-refractivity contribution is 5.22. The Morgan fingerprint density at radius 1 is 1.14 bits per heavy atom. The van der Waals surface area contributed by atoms with Crippen molar-refractivity contribution in [3.05, 3.63) is 65.2 Å². The van der Waals surface area contributed by atoms with Gasteiger partial charge in [-0.05, 0) is 94.7 Å². The Balaban J connectivity index is 1.73. The van der Waals surface area contributed by atoms with E-state index in [1.165, 1.54) is 17.5 Å². The molecule has 0 bridgehead atoms. The summed E-state index contributed by atoms with van der Waals surface area (Å²) in [6, 6.07) is 11.3. The first-order valence-corrected chi connectivity index (χ1v) is 10.8. The molecule has 0 saturated carbocycles. The molecule has 1 atom stereocenters. The normalized spacial score (nSPS) is 20.3. The monoisotopic (exact) mass is 398 g/mol. The fourth-order valence-corrected chi connectivity index (χ4v) is 4.45. The fourth-order valence-electron chi connectivity index (χ4n) is 4.45. The summed E-state index contributed by atoms with van der Waals surface area (Å²) >= 11 is 0. The zero-order valence-corrected chi connectivity index (χ0v) is 18.4. The van der Waals surface area contributed by atoms with Gasteiger partial charge in [0.05, 0.1) is 0 Å². The lowest BCUT2D eigenvalue weighted by molar-refractivity contribution is 0.0835. The molecule has 1 aromatic heterocycles. The fraction of sp³-hybridized carbons (Fsp3) is 0.560. The van der Waals surface area contributed by atoms with E-state index in [-0.39, 0.29) is 16.8 Å². The van der Waals surface area contributed by atoms with Crippen LogP contribution in [0, 0.1) is 18.2 Å². The third kappa shape index (κ3) is 5.43. The first-order valence-electron chi connectivity index (χ1n) is 10.8. The predicted octanol–water partition coefficient (Wildman–Crippen LogP) is 5.52. The SMILES string of the molecule is CCOCC[C@]1(CCc2ccc(F)cc2)CCN(C(C)(C)c2ccc(C)nc2)C1. The molecule has 0 radical (unpaired) electrons. The lowest BCUT2D eigenvalue weighted by Gasteiger charge is -2.38. The quantitative estimate of drug-likeness (QED) is 0.520. The molecule has 1 fully saturated rings. The number of aromatic nitrogens is 1. The number of aryl methyl sites for hydroxylation is 2. The summed E-state index contributed by atoms with van der Waals surface area (Å²) in [5.74, 6) is -0.166. The van der Waals surface area contributed by atoms with E-state index in [1.807, 2.05) is 25.3 Å². The highest BCUT2D eigenvalue weighted by Crippen LogP contribution is 2.43. The average Bonchev–Trinajstić information content (AvgIpc) is 3.14. The highest BCUT2D eigenvalue weighted by atomic mass is 19.1.